The summed E-state index contributed by atoms with van der Waals surface area (Å²) >= 11 is 0. The fourth-order valence-corrected chi connectivity index (χ4v) is 6.38. The fourth-order valence-electron chi connectivity index (χ4n) is 6.38. The Kier molecular flexibility index (Phi) is 3.45. The van der Waals surface area contributed by atoms with Gasteiger partial charge < -0.3 is 9.84 Å². The maximum Gasteiger partial charge on any atom is 0.0959 e. The lowest BCUT2D eigenvalue weighted by molar-refractivity contribution is -0.0384. The van der Waals surface area contributed by atoms with Gasteiger partial charge in [0.2, 0.25) is 0 Å². The molecule has 0 aromatic heterocycles. The van der Waals surface area contributed by atoms with E-state index in [2.05, 4.69) is 19.9 Å². The summed E-state index contributed by atoms with van der Waals surface area (Å²) in [6.45, 7) is 4.63. The summed E-state index contributed by atoms with van der Waals surface area (Å²) in [6.07, 6.45) is 10.7. The van der Waals surface area contributed by atoms with Crippen LogP contribution in [-0.4, -0.2) is 18.3 Å². The Morgan fingerprint density at radius 3 is 2.91 bits per heavy atom. The lowest BCUT2D eigenvalue weighted by Crippen LogP contribution is -2.45. The van der Waals surface area contributed by atoms with Crippen LogP contribution in [0.3, 0.4) is 0 Å². The fraction of sp³-hybridized carbons (Fsp3) is 0.800. The topological polar surface area (TPSA) is 29.5 Å². The average molecular weight is 302 g/mol. The van der Waals surface area contributed by atoms with Gasteiger partial charge in [-0.15, -0.1) is 0 Å². The van der Waals surface area contributed by atoms with E-state index in [-0.39, 0.29) is 11.5 Å². The second kappa shape index (κ2) is 5.12. The Morgan fingerprint density at radius 2 is 2.14 bits per heavy atom. The lowest BCUT2D eigenvalue weighted by atomic mass is 9.54. The quantitative estimate of drug-likeness (QED) is 0.725. The standard InChI is InChI=1S/C20H30O2/c1-12-10-18-17-6-4-13-11-14(22-3)5-7-15(13)16(17)8-9-20(18,2)19(12)21/h5,12,16-19,21H,4,6-11H2,1-3H3/t12-,16-,17-,18+,19+,20+/m1/s1. The molecule has 2 saturated carbocycles. The Bertz CT molecular complexity index is 532. The molecule has 0 aromatic rings. The summed E-state index contributed by atoms with van der Waals surface area (Å²) in [5.41, 5.74) is 3.60. The van der Waals surface area contributed by atoms with E-state index in [1.807, 2.05) is 0 Å². The van der Waals surface area contributed by atoms with Gasteiger partial charge in [0.05, 0.1) is 19.0 Å². The molecule has 0 heterocycles. The van der Waals surface area contributed by atoms with Crippen LogP contribution in [0.2, 0.25) is 0 Å². The monoisotopic (exact) mass is 302 g/mol. The molecule has 0 bridgehead atoms. The highest BCUT2D eigenvalue weighted by Gasteiger charge is 2.57. The van der Waals surface area contributed by atoms with Gasteiger partial charge in [0, 0.05) is 6.42 Å². The van der Waals surface area contributed by atoms with Gasteiger partial charge in [-0.25, -0.2) is 0 Å². The van der Waals surface area contributed by atoms with Gasteiger partial charge in [0.15, 0.2) is 0 Å². The minimum Gasteiger partial charge on any atom is -0.501 e. The van der Waals surface area contributed by atoms with Gasteiger partial charge in [0.1, 0.15) is 0 Å². The highest BCUT2D eigenvalue weighted by molar-refractivity contribution is 5.32. The van der Waals surface area contributed by atoms with E-state index < -0.39 is 0 Å². The van der Waals surface area contributed by atoms with Crippen molar-refractivity contribution >= 4 is 0 Å². The zero-order valence-electron chi connectivity index (χ0n) is 14.3. The number of aliphatic hydroxyl groups excluding tert-OH is 1. The average Bonchev–Trinajstić information content (AvgIpc) is 2.77. The molecule has 0 amide bonds. The van der Waals surface area contributed by atoms with Gasteiger partial charge >= 0.3 is 0 Å². The first-order chi connectivity index (χ1) is 10.5. The van der Waals surface area contributed by atoms with Crippen molar-refractivity contribution in [2.24, 2.45) is 29.1 Å². The molecule has 0 saturated heterocycles. The molecule has 122 valence electrons. The van der Waals surface area contributed by atoms with E-state index in [0.717, 1.165) is 30.6 Å². The van der Waals surface area contributed by atoms with Crippen molar-refractivity contribution in [1.29, 1.82) is 0 Å². The normalized spacial score (nSPS) is 47.5. The molecule has 0 aliphatic heterocycles. The second-order valence-electron chi connectivity index (χ2n) is 8.50. The minimum absolute atomic E-state index is 0.0832. The smallest absolute Gasteiger partial charge is 0.0959 e. The van der Waals surface area contributed by atoms with Crippen LogP contribution in [0.25, 0.3) is 0 Å². The number of fused-ring (bicyclic) bond motifs is 4. The molecular formula is C20H30O2. The Balaban J connectivity index is 1.61. The molecule has 0 unspecified atom stereocenters. The predicted molar refractivity (Wildman–Crippen MR) is 88.2 cm³/mol. The Hall–Kier alpha value is -0.760. The largest absolute Gasteiger partial charge is 0.501 e. The first-order valence-corrected chi connectivity index (χ1v) is 9.16. The zero-order valence-corrected chi connectivity index (χ0v) is 14.3. The van der Waals surface area contributed by atoms with Crippen molar-refractivity contribution in [2.45, 2.75) is 64.9 Å². The summed E-state index contributed by atoms with van der Waals surface area (Å²) in [5.74, 6) is 3.99. The first kappa shape index (κ1) is 14.8. The molecule has 6 atom stereocenters. The number of allylic oxidation sites excluding steroid dienone is 3. The number of hydrogen-bond acceptors (Lipinski definition) is 2. The van der Waals surface area contributed by atoms with Crippen molar-refractivity contribution in [1.82, 2.24) is 0 Å². The SMILES string of the molecule is COC1=CCC2=C(CC[C@@H]3[C@@H]2CC[C@]2(C)[C@@H](O)[C@H](C)C[C@@H]32)C1. The van der Waals surface area contributed by atoms with Crippen LogP contribution in [0.4, 0.5) is 0 Å². The summed E-state index contributed by atoms with van der Waals surface area (Å²) in [6, 6.07) is 0. The molecule has 2 heteroatoms. The summed E-state index contributed by atoms with van der Waals surface area (Å²) in [4.78, 5) is 0. The van der Waals surface area contributed by atoms with Crippen LogP contribution in [0.15, 0.2) is 23.0 Å². The Morgan fingerprint density at radius 1 is 1.32 bits per heavy atom. The van der Waals surface area contributed by atoms with Gasteiger partial charge in [-0.3, -0.25) is 0 Å². The molecule has 4 aliphatic rings. The summed E-state index contributed by atoms with van der Waals surface area (Å²) in [5, 5.41) is 10.7. The van der Waals surface area contributed by atoms with Crippen molar-refractivity contribution in [2.75, 3.05) is 7.11 Å². The number of aliphatic hydroxyl groups is 1. The van der Waals surface area contributed by atoms with E-state index in [1.165, 1.54) is 37.9 Å². The summed E-state index contributed by atoms with van der Waals surface area (Å²) in [7, 11) is 1.80. The maximum absolute atomic E-state index is 10.7. The number of ether oxygens (including phenoxy) is 1. The highest BCUT2D eigenvalue weighted by atomic mass is 16.5. The Labute approximate surface area is 134 Å². The third-order valence-electron chi connectivity index (χ3n) is 7.60. The van der Waals surface area contributed by atoms with Gasteiger partial charge in [-0.2, -0.15) is 0 Å². The van der Waals surface area contributed by atoms with E-state index in [4.69, 9.17) is 4.74 Å². The molecule has 22 heavy (non-hydrogen) atoms. The minimum atomic E-state index is -0.0832. The molecule has 0 spiro atoms. The highest BCUT2D eigenvalue weighted by Crippen LogP contribution is 2.62. The van der Waals surface area contributed by atoms with Crippen LogP contribution >= 0.6 is 0 Å². The van der Waals surface area contributed by atoms with Gasteiger partial charge in [0.25, 0.3) is 0 Å². The van der Waals surface area contributed by atoms with Crippen LogP contribution in [0.5, 0.6) is 0 Å². The van der Waals surface area contributed by atoms with E-state index in [0.29, 0.717) is 5.92 Å². The van der Waals surface area contributed by atoms with Crippen LogP contribution in [-0.2, 0) is 4.74 Å². The lowest BCUT2D eigenvalue weighted by Gasteiger charge is -2.51. The molecule has 0 radical (unpaired) electrons. The third-order valence-corrected chi connectivity index (χ3v) is 7.60. The molecule has 2 fully saturated rings. The third kappa shape index (κ3) is 1.95. The van der Waals surface area contributed by atoms with Crippen LogP contribution < -0.4 is 0 Å². The first-order valence-electron chi connectivity index (χ1n) is 9.16. The molecule has 2 nitrogen and oxygen atoms in total. The maximum atomic E-state index is 10.7. The molecule has 4 aliphatic carbocycles. The zero-order chi connectivity index (χ0) is 15.5. The molecule has 4 rings (SSSR count). The molecular weight excluding hydrogens is 272 g/mol. The van der Waals surface area contributed by atoms with Gasteiger partial charge in [-0.1, -0.05) is 25.0 Å². The molecule has 0 aromatic carbocycles. The molecule has 1 N–H and O–H groups in total. The second-order valence-corrected chi connectivity index (χ2v) is 8.50. The van der Waals surface area contributed by atoms with Crippen molar-refractivity contribution in [3.05, 3.63) is 23.0 Å². The van der Waals surface area contributed by atoms with E-state index >= 15 is 0 Å². The van der Waals surface area contributed by atoms with Crippen LogP contribution in [0.1, 0.15) is 58.8 Å². The van der Waals surface area contributed by atoms with Gasteiger partial charge in [-0.05, 0) is 73.7 Å². The number of rotatable bonds is 1. The number of methoxy groups -OCH3 is 1. The van der Waals surface area contributed by atoms with E-state index in [1.54, 1.807) is 18.3 Å². The predicted octanol–water partition coefficient (Wildman–Crippen LogP) is 4.45. The van der Waals surface area contributed by atoms with Crippen LogP contribution in [0, 0.1) is 29.1 Å². The number of hydrogen-bond donors (Lipinski definition) is 1. The summed E-state index contributed by atoms with van der Waals surface area (Å²) < 4.78 is 5.48. The van der Waals surface area contributed by atoms with Crippen molar-refractivity contribution in [3.63, 3.8) is 0 Å². The van der Waals surface area contributed by atoms with Crippen molar-refractivity contribution < 1.29 is 9.84 Å². The van der Waals surface area contributed by atoms with E-state index in [9.17, 15) is 5.11 Å². The van der Waals surface area contributed by atoms with Crippen molar-refractivity contribution in [3.8, 4) is 0 Å².